The molecular weight excluding hydrogens is 315 g/mol. The van der Waals surface area contributed by atoms with Crippen LogP contribution in [-0.2, 0) is 14.3 Å². The van der Waals surface area contributed by atoms with Crippen LogP contribution in [0.4, 0.5) is 22.0 Å². The van der Waals surface area contributed by atoms with Crippen molar-refractivity contribution in [2.75, 3.05) is 0 Å². The van der Waals surface area contributed by atoms with Crippen molar-refractivity contribution >= 4 is 11.9 Å². The van der Waals surface area contributed by atoms with Gasteiger partial charge in [0, 0.05) is 5.57 Å². The van der Waals surface area contributed by atoms with Gasteiger partial charge in [-0.15, -0.1) is 0 Å². The maximum Gasteiger partial charge on any atom is 0.453 e. The molecule has 128 valence electrons. The molecule has 1 unspecified atom stereocenters. The summed E-state index contributed by atoms with van der Waals surface area (Å²) in [4.78, 5) is 21.9. The first kappa shape index (κ1) is 20.3. The van der Waals surface area contributed by atoms with E-state index in [2.05, 4.69) is 11.3 Å². The largest absolute Gasteiger partial charge is 0.481 e. The maximum absolute atomic E-state index is 13.0. The van der Waals surface area contributed by atoms with Gasteiger partial charge in [0.2, 0.25) is 0 Å². The van der Waals surface area contributed by atoms with Crippen LogP contribution >= 0.6 is 0 Å². The molecule has 0 aliphatic rings. The van der Waals surface area contributed by atoms with Gasteiger partial charge in [-0.3, -0.25) is 4.79 Å². The summed E-state index contributed by atoms with van der Waals surface area (Å²) in [6.07, 6.45) is -9.32. The van der Waals surface area contributed by atoms with E-state index in [1.54, 1.807) is 6.92 Å². The summed E-state index contributed by atoms with van der Waals surface area (Å²) in [5.41, 5.74) is -0.524. The fraction of sp³-hybridized carbons (Fsp3) is 0.692. The maximum atomic E-state index is 13.0. The van der Waals surface area contributed by atoms with Gasteiger partial charge in [-0.25, -0.2) is 4.79 Å². The third kappa shape index (κ3) is 6.86. The second-order valence-electron chi connectivity index (χ2n) is 4.75. The van der Waals surface area contributed by atoms with Gasteiger partial charge in [-0.1, -0.05) is 26.3 Å². The number of carboxylic acids is 1. The van der Waals surface area contributed by atoms with Crippen LogP contribution in [0, 0.1) is 0 Å². The fourth-order valence-electron chi connectivity index (χ4n) is 1.53. The molecule has 22 heavy (non-hydrogen) atoms. The van der Waals surface area contributed by atoms with Gasteiger partial charge in [0.15, 0.2) is 0 Å². The third-order valence-electron chi connectivity index (χ3n) is 2.71. The summed E-state index contributed by atoms with van der Waals surface area (Å²) < 4.78 is 67.2. The third-order valence-corrected chi connectivity index (χ3v) is 2.71. The van der Waals surface area contributed by atoms with E-state index < -0.39 is 48.6 Å². The molecule has 0 aromatic carbocycles. The number of aliphatic carboxylic acids is 1. The quantitative estimate of drug-likeness (QED) is 0.397. The van der Waals surface area contributed by atoms with Crippen molar-refractivity contribution in [2.24, 2.45) is 0 Å². The lowest BCUT2D eigenvalue weighted by Crippen LogP contribution is -2.40. The molecule has 0 fully saturated rings. The second-order valence-corrected chi connectivity index (χ2v) is 4.75. The highest BCUT2D eigenvalue weighted by Gasteiger charge is 2.58. The predicted octanol–water partition coefficient (Wildman–Crippen LogP) is 3.71. The molecule has 0 aliphatic heterocycles. The number of carbonyl (C=O) groups excluding carboxylic acids is 1. The summed E-state index contributed by atoms with van der Waals surface area (Å²) in [5.74, 6) is -7.69. The minimum Gasteiger partial charge on any atom is -0.481 e. The zero-order valence-electron chi connectivity index (χ0n) is 11.9. The molecule has 0 amide bonds. The summed E-state index contributed by atoms with van der Waals surface area (Å²) in [6, 6.07) is 0. The molecule has 0 heterocycles. The molecule has 0 saturated carbocycles. The molecular formula is C13H17F5O4. The van der Waals surface area contributed by atoms with E-state index in [1.165, 1.54) is 0 Å². The van der Waals surface area contributed by atoms with Crippen LogP contribution in [0.1, 0.15) is 39.0 Å². The summed E-state index contributed by atoms with van der Waals surface area (Å²) in [6.45, 7) is 4.79. The Labute approximate surface area is 123 Å². The number of esters is 1. The Balaban J connectivity index is 4.88. The number of unbranched alkanes of at least 4 members (excludes halogenated alkanes) is 1. The minimum absolute atomic E-state index is 0.186. The number of ether oxygens (including phenoxy) is 1. The summed E-state index contributed by atoms with van der Waals surface area (Å²) in [7, 11) is 0. The molecule has 0 bridgehead atoms. The summed E-state index contributed by atoms with van der Waals surface area (Å²) in [5, 5.41) is 8.46. The number of halogens is 5. The Morgan fingerprint density at radius 3 is 2.18 bits per heavy atom. The molecule has 1 atom stereocenters. The van der Waals surface area contributed by atoms with Crippen molar-refractivity contribution in [1.82, 2.24) is 0 Å². The Morgan fingerprint density at radius 1 is 1.23 bits per heavy atom. The number of carbonyl (C=O) groups is 2. The van der Waals surface area contributed by atoms with Crippen molar-refractivity contribution in [3.05, 3.63) is 12.2 Å². The van der Waals surface area contributed by atoms with Gasteiger partial charge in [0.1, 0.15) is 6.10 Å². The van der Waals surface area contributed by atoms with Crippen LogP contribution in [0.25, 0.3) is 0 Å². The van der Waals surface area contributed by atoms with Crippen molar-refractivity contribution in [3.8, 4) is 0 Å². The lowest BCUT2D eigenvalue weighted by molar-refractivity contribution is -0.290. The average Bonchev–Trinajstić information content (AvgIpc) is 2.33. The molecule has 0 saturated heterocycles. The zero-order valence-corrected chi connectivity index (χ0v) is 11.9. The van der Waals surface area contributed by atoms with Crippen molar-refractivity contribution in [1.29, 1.82) is 0 Å². The SMILES string of the molecule is C=C(CC(=O)O)C(=O)OC(CCCC)CC(F)(F)C(F)(F)F. The first-order valence-electron chi connectivity index (χ1n) is 6.45. The number of hydrogen-bond donors (Lipinski definition) is 1. The first-order valence-corrected chi connectivity index (χ1v) is 6.45. The van der Waals surface area contributed by atoms with Gasteiger partial charge >= 0.3 is 24.0 Å². The standard InChI is InChI=1S/C13H17F5O4/c1-3-4-5-9(7-12(14,15)13(16,17)18)22-11(21)8(2)6-10(19)20/h9H,2-7H2,1H3,(H,19,20). The topological polar surface area (TPSA) is 63.6 Å². The lowest BCUT2D eigenvalue weighted by atomic mass is 10.0. The van der Waals surface area contributed by atoms with E-state index in [9.17, 15) is 31.5 Å². The highest BCUT2D eigenvalue weighted by molar-refractivity contribution is 5.92. The summed E-state index contributed by atoms with van der Waals surface area (Å²) >= 11 is 0. The zero-order chi connectivity index (χ0) is 17.6. The van der Waals surface area contributed by atoms with Gasteiger partial charge in [0.05, 0.1) is 12.8 Å². The Bertz CT molecular complexity index is 417. The van der Waals surface area contributed by atoms with E-state index in [1.807, 2.05) is 0 Å². The van der Waals surface area contributed by atoms with E-state index >= 15 is 0 Å². The fourth-order valence-corrected chi connectivity index (χ4v) is 1.53. The van der Waals surface area contributed by atoms with Crippen molar-refractivity contribution < 1.29 is 41.4 Å². The molecule has 0 rings (SSSR count). The molecule has 0 spiro atoms. The van der Waals surface area contributed by atoms with Crippen LogP contribution < -0.4 is 0 Å². The van der Waals surface area contributed by atoms with Crippen molar-refractivity contribution in [3.63, 3.8) is 0 Å². The van der Waals surface area contributed by atoms with Crippen LogP contribution in [-0.4, -0.2) is 35.2 Å². The van der Waals surface area contributed by atoms with Gasteiger partial charge in [-0.05, 0) is 6.42 Å². The van der Waals surface area contributed by atoms with Crippen molar-refractivity contribution in [2.45, 2.75) is 57.2 Å². The highest BCUT2D eigenvalue weighted by Crippen LogP contribution is 2.40. The lowest BCUT2D eigenvalue weighted by Gasteiger charge is -2.25. The predicted molar refractivity (Wildman–Crippen MR) is 66.4 cm³/mol. The first-order chi connectivity index (χ1) is 9.90. The average molecular weight is 332 g/mol. The molecule has 9 heteroatoms. The monoisotopic (exact) mass is 332 g/mol. The molecule has 0 radical (unpaired) electrons. The number of rotatable bonds is 9. The smallest absolute Gasteiger partial charge is 0.453 e. The van der Waals surface area contributed by atoms with E-state index in [4.69, 9.17) is 5.11 Å². The van der Waals surface area contributed by atoms with E-state index in [0.717, 1.165) is 0 Å². The van der Waals surface area contributed by atoms with Crippen LogP contribution in [0.5, 0.6) is 0 Å². The van der Waals surface area contributed by atoms with Gasteiger partial charge in [-0.2, -0.15) is 22.0 Å². The van der Waals surface area contributed by atoms with Crippen LogP contribution in [0.15, 0.2) is 12.2 Å². The molecule has 0 aliphatic carbocycles. The number of carboxylic acid groups (broad SMARTS) is 1. The van der Waals surface area contributed by atoms with Gasteiger partial charge < -0.3 is 9.84 Å². The highest BCUT2D eigenvalue weighted by atomic mass is 19.4. The van der Waals surface area contributed by atoms with E-state index in [0.29, 0.717) is 6.42 Å². The molecule has 1 N–H and O–H groups in total. The number of hydrogen-bond acceptors (Lipinski definition) is 3. The molecule has 0 aromatic heterocycles. The van der Waals surface area contributed by atoms with Gasteiger partial charge in [0.25, 0.3) is 0 Å². The molecule has 4 nitrogen and oxygen atoms in total. The van der Waals surface area contributed by atoms with Crippen LogP contribution in [0.3, 0.4) is 0 Å². The van der Waals surface area contributed by atoms with Crippen LogP contribution in [0.2, 0.25) is 0 Å². The normalized spacial score (nSPS) is 13.5. The second kappa shape index (κ2) is 8.09. The molecule has 0 aromatic rings. The Hall–Kier alpha value is -1.67. The Kier molecular flexibility index (Phi) is 7.48. The number of alkyl halides is 5. The Morgan fingerprint density at radius 2 is 1.77 bits per heavy atom. The van der Waals surface area contributed by atoms with E-state index in [-0.39, 0.29) is 12.8 Å². The minimum atomic E-state index is -5.75.